The minimum Gasteiger partial charge on any atom is -0.493 e. The number of rotatable bonds is 6. The highest BCUT2D eigenvalue weighted by molar-refractivity contribution is 6.32. The SMILES string of the molecule is O=C(O)C1CCOc2cc(Oc3ccc(C(=O)N(c4cccc(Cl)c4)C4CCCNC4)cc3Cl)ccc21. The van der Waals surface area contributed by atoms with Crippen LogP contribution in [0.25, 0.3) is 0 Å². The number of fused-ring (bicyclic) bond motifs is 1. The fraction of sp³-hybridized carbons (Fsp3) is 0.286. The number of aliphatic carboxylic acids is 1. The molecule has 2 aliphatic rings. The van der Waals surface area contributed by atoms with Gasteiger partial charge in [0, 0.05) is 40.5 Å². The summed E-state index contributed by atoms with van der Waals surface area (Å²) in [6.45, 7) is 1.94. The minimum absolute atomic E-state index is 0.0143. The van der Waals surface area contributed by atoms with E-state index in [0.29, 0.717) is 53.0 Å². The second kappa shape index (κ2) is 11.0. The van der Waals surface area contributed by atoms with Crippen molar-refractivity contribution in [3.63, 3.8) is 0 Å². The molecule has 2 heterocycles. The average molecular weight is 541 g/mol. The van der Waals surface area contributed by atoms with Gasteiger partial charge in [-0.2, -0.15) is 0 Å². The van der Waals surface area contributed by atoms with E-state index in [1.54, 1.807) is 53.4 Å². The molecule has 0 aliphatic carbocycles. The van der Waals surface area contributed by atoms with Gasteiger partial charge in [-0.15, -0.1) is 0 Å². The molecule has 2 aliphatic heterocycles. The molecule has 9 heteroatoms. The van der Waals surface area contributed by atoms with Crippen molar-refractivity contribution in [2.45, 2.75) is 31.2 Å². The van der Waals surface area contributed by atoms with Gasteiger partial charge < -0.3 is 24.8 Å². The van der Waals surface area contributed by atoms with Gasteiger partial charge in [-0.25, -0.2) is 0 Å². The number of carboxylic acids is 1. The van der Waals surface area contributed by atoms with Gasteiger partial charge >= 0.3 is 5.97 Å². The predicted molar refractivity (Wildman–Crippen MR) is 143 cm³/mol. The number of benzene rings is 3. The summed E-state index contributed by atoms with van der Waals surface area (Å²) in [5.74, 6) is -0.341. The minimum atomic E-state index is -0.877. The summed E-state index contributed by atoms with van der Waals surface area (Å²) >= 11 is 12.8. The Morgan fingerprint density at radius 2 is 1.92 bits per heavy atom. The van der Waals surface area contributed by atoms with E-state index in [1.807, 2.05) is 12.1 Å². The summed E-state index contributed by atoms with van der Waals surface area (Å²) in [5.41, 5.74) is 1.79. The maximum absolute atomic E-state index is 13.7. The maximum Gasteiger partial charge on any atom is 0.311 e. The van der Waals surface area contributed by atoms with Crippen LogP contribution in [0.3, 0.4) is 0 Å². The van der Waals surface area contributed by atoms with Crippen molar-refractivity contribution in [3.05, 3.63) is 81.8 Å². The zero-order valence-electron chi connectivity index (χ0n) is 20.0. The summed E-state index contributed by atoms with van der Waals surface area (Å²) in [4.78, 5) is 27.0. The lowest BCUT2D eigenvalue weighted by molar-refractivity contribution is -0.139. The van der Waals surface area contributed by atoms with Crippen LogP contribution < -0.4 is 19.7 Å². The first-order valence-corrected chi connectivity index (χ1v) is 12.9. The Bertz CT molecular complexity index is 1330. The molecule has 2 unspecified atom stereocenters. The van der Waals surface area contributed by atoms with Crippen molar-refractivity contribution in [2.75, 3.05) is 24.6 Å². The molecule has 1 amide bonds. The molecule has 37 heavy (non-hydrogen) atoms. The molecule has 2 atom stereocenters. The third-order valence-corrected chi connectivity index (χ3v) is 7.20. The average Bonchev–Trinajstić information content (AvgIpc) is 2.90. The van der Waals surface area contributed by atoms with Crippen LogP contribution in [0.2, 0.25) is 10.0 Å². The summed E-state index contributed by atoms with van der Waals surface area (Å²) < 4.78 is 11.6. The normalized spacial score (nSPS) is 18.9. The van der Waals surface area contributed by atoms with Crippen molar-refractivity contribution >= 4 is 40.8 Å². The molecule has 5 rings (SSSR count). The van der Waals surface area contributed by atoms with Crippen LogP contribution >= 0.6 is 23.2 Å². The first kappa shape index (κ1) is 25.4. The Kier molecular flexibility index (Phi) is 7.55. The Morgan fingerprint density at radius 1 is 1.05 bits per heavy atom. The Hall–Kier alpha value is -3.26. The molecule has 0 radical (unpaired) electrons. The topological polar surface area (TPSA) is 88.1 Å². The van der Waals surface area contributed by atoms with Gasteiger partial charge in [0.15, 0.2) is 0 Å². The third-order valence-electron chi connectivity index (χ3n) is 6.67. The van der Waals surface area contributed by atoms with E-state index >= 15 is 0 Å². The number of nitrogens with zero attached hydrogens (tertiary/aromatic N) is 1. The molecule has 1 saturated heterocycles. The highest BCUT2D eigenvalue weighted by Crippen LogP contribution is 2.39. The molecule has 7 nitrogen and oxygen atoms in total. The van der Waals surface area contributed by atoms with Gasteiger partial charge in [-0.3, -0.25) is 9.59 Å². The molecule has 0 spiro atoms. The Morgan fingerprint density at radius 3 is 2.65 bits per heavy atom. The van der Waals surface area contributed by atoms with E-state index in [0.717, 1.165) is 25.1 Å². The van der Waals surface area contributed by atoms with E-state index in [-0.39, 0.29) is 17.0 Å². The molecule has 3 aromatic carbocycles. The zero-order valence-corrected chi connectivity index (χ0v) is 21.5. The van der Waals surface area contributed by atoms with E-state index in [9.17, 15) is 14.7 Å². The van der Waals surface area contributed by atoms with Crippen LogP contribution in [0.1, 0.15) is 41.1 Å². The lowest BCUT2D eigenvalue weighted by Crippen LogP contribution is -2.49. The van der Waals surface area contributed by atoms with Gasteiger partial charge in [0.1, 0.15) is 17.2 Å². The number of carboxylic acid groups (broad SMARTS) is 1. The number of halogens is 2. The van der Waals surface area contributed by atoms with Gasteiger partial charge in [0.2, 0.25) is 0 Å². The van der Waals surface area contributed by atoms with Crippen LogP contribution in [0, 0.1) is 0 Å². The van der Waals surface area contributed by atoms with Crippen molar-refractivity contribution in [3.8, 4) is 17.2 Å². The number of carbonyl (C=O) groups is 2. The summed E-state index contributed by atoms with van der Waals surface area (Å²) in [6, 6.07) is 17.3. The van der Waals surface area contributed by atoms with Gasteiger partial charge in [-0.05, 0) is 68.3 Å². The van der Waals surface area contributed by atoms with Crippen molar-refractivity contribution in [2.24, 2.45) is 0 Å². The fourth-order valence-electron chi connectivity index (χ4n) is 4.85. The fourth-order valence-corrected chi connectivity index (χ4v) is 5.25. The van der Waals surface area contributed by atoms with Crippen molar-refractivity contribution < 1.29 is 24.2 Å². The lowest BCUT2D eigenvalue weighted by atomic mass is 9.93. The first-order chi connectivity index (χ1) is 17.9. The van der Waals surface area contributed by atoms with E-state index in [4.69, 9.17) is 32.7 Å². The highest BCUT2D eigenvalue weighted by Gasteiger charge is 2.29. The number of carbonyl (C=O) groups excluding carboxylic acids is 1. The van der Waals surface area contributed by atoms with Gasteiger partial charge in [-0.1, -0.05) is 35.3 Å². The summed E-state index contributed by atoms with van der Waals surface area (Å²) in [6.07, 6.45) is 2.27. The first-order valence-electron chi connectivity index (χ1n) is 12.2. The molecule has 1 fully saturated rings. The summed E-state index contributed by atoms with van der Waals surface area (Å²) in [7, 11) is 0. The molecule has 3 aromatic rings. The quantitative estimate of drug-likeness (QED) is 0.390. The van der Waals surface area contributed by atoms with Gasteiger partial charge in [0.25, 0.3) is 5.91 Å². The highest BCUT2D eigenvalue weighted by atomic mass is 35.5. The molecule has 2 N–H and O–H groups in total. The molecular formula is C28H26Cl2N2O5. The number of amides is 1. The zero-order chi connectivity index (χ0) is 25.9. The van der Waals surface area contributed by atoms with E-state index in [2.05, 4.69) is 5.32 Å². The lowest BCUT2D eigenvalue weighted by Gasteiger charge is -2.35. The standard InChI is InChI=1S/C28H26Cl2N2O5/c29-18-3-1-4-19(14-18)32(20-5-2-11-31-16-20)27(33)17-6-9-25(24(30)13-17)37-21-7-8-22-23(28(34)35)10-12-36-26(22)15-21/h1,3-4,6-9,13-15,20,23,31H,2,5,10-12,16H2,(H,34,35). The number of hydrogen-bond donors (Lipinski definition) is 2. The largest absolute Gasteiger partial charge is 0.493 e. The van der Waals surface area contributed by atoms with Crippen LogP contribution in [-0.4, -0.2) is 42.7 Å². The smallest absolute Gasteiger partial charge is 0.311 e. The summed E-state index contributed by atoms with van der Waals surface area (Å²) in [5, 5.41) is 13.7. The second-order valence-electron chi connectivity index (χ2n) is 9.13. The molecule has 0 bridgehead atoms. The van der Waals surface area contributed by atoms with Gasteiger partial charge in [0.05, 0.1) is 17.5 Å². The van der Waals surface area contributed by atoms with Crippen molar-refractivity contribution in [1.82, 2.24) is 5.32 Å². The monoisotopic (exact) mass is 540 g/mol. The third kappa shape index (κ3) is 5.54. The Balaban J connectivity index is 1.39. The maximum atomic E-state index is 13.7. The van der Waals surface area contributed by atoms with E-state index < -0.39 is 11.9 Å². The van der Waals surface area contributed by atoms with Crippen LogP contribution in [-0.2, 0) is 4.79 Å². The number of anilines is 1. The Labute approximate surface area is 224 Å². The number of hydrogen-bond acceptors (Lipinski definition) is 5. The van der Waals surface area contributed by atoms with Crippen molar-refractivity contribution in [1.29, 1.82) is 0 Å². The molecular weight excluding hydrogens is 515 g/mol. The van der Waals surface area contributed by atoms with E-state index in [1.165, 1.54) is 0 Å². The number of ether oxygens (including phenoxy) is 2. The van der Waals surface area contributed by atoms with Crippen LogP contribution in [0.4, 0.5) is 5.69 Å². The van der Waals surface area contributed by atoms with Crippen LogP contribution in [0.5, 0.6) is 17.2 Å². The van der Waals surface area contributed by atoms with Crippen LogP contribution in [0.15, 0.2) is 60.7 Å². The number of nitrogens with one attached hydrogen (secondary N) is 1. The number of piperidine rings is 1. The molecule has 0 saturated carbocycles. The molecule has 0 aromatic heterocycles. The molecule has 192 valence electrons. The predicted octanol–water partition coefficient (Wildman–Crippen LogP) is 6.14. The second-order valence-corrected chi connectivity index (χ2v) is 9.97.